The van der Waals surface area contributed by atoms with E-state index in [2.05, 4.69) is 10.2 Å². The molecule has 0 aliphatic carbocycles. The van der Waals surface area contributed by atoms with Gasteiger partial charge in [-0.1, -0.05) is 66.2 Å². The highest BCUT2D eigenvalue weighted by Crippen LogP contribution is 2.34. The highest BCUT2D eigenvalue weighted by atomic mass is 35.5. The van der Waals surface area contributed by atoms with Crippen LogP contribution in [-0.4, -0.2) is 22.2 Å². The molecule has 0 bridgehead atoms. The molecule has 0 saturated carbocycles. The zero-order valence-electron chi connectivity index (χ0n) is 19.7. The van der Waals surface area contributed by atoms with Crippen LogP contribution in [0, 0.1) is 0 Å². The molecule has 6 nitrogen and oxygen atoms in total. The lowest BCUT2D eigenvalue weighted by atomic mass is 10.2. The number of carbonyl (C=O) groups excluding carboxylic acids is 1. The maximum Gasteiger partial charge on any atom is 0.267 e. The first-order chi connectivity index (χ1) is 18.1. The Kier molecular flexibility index (Phi) is 7.84. The predicted molar refractivity (Wildman–Crippen MR) is 149 cm³/mol. The van der Waals surface area contributed by atoms with Crippen molar-refractivity contribution in [1.82, 2.24) is 4.90 Å². The van der Waals surface area contributed by atoms with Gasteiger partial charge in [0, 0.05) is 5.02 Å². The van der Waals surface area contributed by atoms with Crippen LogP contribution in [0.4, 0.5) is 0 Å². The molecule has 0 N–H and O–H groups in total. The number of carbonyl (C=O) groups is 1. The normalized spacial score (nSPS) is 15.8. The third kappa shape index (κ3) is 6.58. The van der Waals surface area contributed by atoms with Crippen molar-refractivity contribution in [2.45, 2.75) is 13.2 Å². The van der Waals surface area contributed by atoms with Crippen LogP contribution >= 0.6 is 23.4 Å². The van der Waals surface area contributed by atoms with Crippen LogP contribution in [0.3, 0.4) is 0 Å². The molecule has 1 aliphatic rings. The maximum absolute atomic E-state index is 13.3. The van der Waals surface area contributed by atoms with Crippen molar-refractivity contribution in [1.29, 1.82) is 0 Å². The smallest absolute Gasteiger partial charge is 0.267 e. The van der Waals surface area contributed by atoms with E-state index in [1.807, 2.05) is 78.9 Å². The molecule has 0 atom stereocenters. The third-order valence-corrected chi connectivity index (χ3v) is 6.66. The van der Waals surface area contributed by atoms with Gasteiger partial charge in [-0.2, -0.15) is 5.10 Å². The summed E-state index contributed by atoms with van der Waals surface area (Å²) >= 11 is 7.21. The number of amidine groups is 1. The number of nitrogens with zero attached hydrogens (tertiary/aromatic N) is 3. The summed E-state index contributed by atoms with van der Waals surface area (Å²) in [5.74, 6) is 1.21. The molecule has 8 heteroatoms. The number of thioether (sulfide) groups is 1. The summed E-state index contributed by atoms with van der Waals surface area (Å²) in [6.07, 6.45) is 5.04. The van der Waals surface area contributed by atoms with E-state index in [1.54, 1.807) is 35.6 Å². The Labute approximate surface area is 223 Å². The van der Waals surface area contributed by atoms with Crippen LogP contribution in [0.2, 0.25) is 5.02 Å². The summed E-state index contributed by atoms with van der Waals surface area (Å²) in [7, 11) is 0. The number of furan rings is 1. The van der Waals surface area contributed by atoms with Gasteiger partial charge >= 0.3 is 0 Å². The fraction of sp³-hybridized carbons (Fsp3) is 0.0690. The molecular formula is C29H22ClN3O3S. The number of halogens is 1. The number of hydrogen-bond acceptors (Lipinski definition) is 6. The first-order valence-corrected chi connectivity index (χ1v) is 12.7. The molecule has 1 amide bonds. The summed E-state index contributed by atoms with van der Waals surface area (Å²) in [6, 6.07) is 28.5. The number of benzene rings is 3. The van der Waals surface area contributed by atoms with E-state index in [-0.39, 0.29) is 12.5 Å². The van der Waals surface area contributed by atoms with E-state index in [9.17, 15) is 4.79 Å². The number of rotatable bonds is 8. The van der Waals surface area contributed by atoms with E-state index in [0.29, 0.717) is 27.5 Å². The molecule has 0 unspecified atom stereocenters. The Balaban J connectivity index is 1.36. The second-order valence-electron chi connectivity index (χ2n) is 8.11. The van der Waals surface area contributed by atoms with Gasteiger partial charge in [-0.05, 0) is 70.9 Å². The number of ether oxygens (including phenoxy) is 1. The quantitative estimate of drug-likeness (QED) is 0.140. The molecule has 1 aromatic heterocycles. The van der Waals surface area contributed by atoms with Gasteiger partial charge in [0.25, 0.3) is 5.91 Å². The SMILES string of the molecule is O=C1/C(=C/c2cccc(OCc3ccccc3)c2)S/C(=N/N=C\c2ccc(Cl)cc2)N1Cc1ccco1. The average molecular weight is 528 g/mol. The summed E-state index contributed by atoms with van der Waals surface area (Å²) < 4.78 is 11.4. The lowest BCUT2D eigenvalue weighted by Crippen LogP contribution is -2.28. The van der Waals surface area contributed by atoms with Crippen LogP contribution in [0.5, 0.6) is 5.75 Å². The van der Waals surface area contributed by atoms with Crippen molar-refractivity contribution in [2.24, 2.45) is 10.2 Å². The van der Waals surface area contributed by atoms with E-state index >= 15 is 0 Å². The molecule has 184 valence electrons. The molecule has 5 rings (SSSR count). The van der Waals surface area contributed by atoms with Crippen LogP contribution < -0.4 is 4.74 Å². The molecule has 0 spiro atoms. The summed E-state index contributed by atoms with van der Waals surface area (Å²) in [5, 5.41) is 9.66. The average Bonchev–Trinajstić information content (AvgIpc) is 3.54. The van der Waals surface area contributed by atoms with E-state index in [4.69, 9.17) is 20.8 Å². The Morgan fingerprint density at radius 2 is 1.78 bits per heavy atom. The van der Waals surface area contributed by atoms with Crippen LogP contribution in [0.1, 0.15) is 22.5 Å². The van der Waals surface area contributed by atoms with Crippen LogP contribution in [0.25, 0.3) is 6.08 Å². The zero-order valence-corrected chi connectivity index (χ0v) is 21.2. The van der Waals surface area contributed by atoms with Crippen molar-refractivity contribution in [3.05, 3.63) is 130 Å². The zero-order chi connectivity index (χ0) is 25.5. The summed E-state index contributed by atoms with van der Waals surface area (Å²) in [4.78, 5) is 15.4. The summed E-state index contributed by atoms with van der Waals surface area (Å²) in [5.41, 5.74) is 2.79. The summed E-state index contributed by atoms with van der Waals surface area (Å²) in [6.45, 7) is 0.722. The Morgan fingerprint density at radius 3 is 2.57 bits per heavy atom. The molecule has 4 aromatic rings. The van der Waals surface area contributed by atoms with Crippen LogP contribution in [0.15, 0.2) is 117 Å². The number of hydrogen-bond donors (Lipinski definition) is 0. The predicted octanol–water partition coefficient (Wildman–Crippen LogP) is 7.02. The third-order valence-electron chi connectivity index (χ3n) is 5.41. The minimum absolute atomic E-state index is 0.169. The van der Waals surface area contributed by atoms with Crippen molar-refractivity contribution >= 4 is 46.7 Å². The fourth-order valence-corrected chi connectivity index (χ4v) is 4.62. The van der Waals surface area contributed by atoms with Crippen molar-refractivity contribution in [3.8, 4) is 5.75 Å². The van der Waals surface area contributed by atoms with Gasteiger partial charge in [0.15, 0.2) is 5.17 Å². The van der Waals surface area contributed by atoms with Gasteiger partial charge in [0.05, 0.1) is 23.9 Å². The largest absolute Gasteiger partial charge is 0.489 e. The maximum atomic E-state index is 13.3. The van der Waals surface area contributed by atoms with E-state index < -0.39 is 0 Å². The second kappa shape index (κ2) is 11.8. The fourth-order valence-electron chi connectivity index (χ4n) is 3.56. The lowest BCUT2D eigenvalue weighted by Gasteiger charge is -2.12. The van der Waals surface area contributed by atoms with Gasteiger partial charge in [-0.3, -0.25) is 9.69 Å². The Hall–Kier alpha value is -4.07. The first kappa shape index (κ1) is 24.6. The molecule has 1 aliphatic heterocycles. The van der Waals surface area contributed by atoms with Crippen LogP contribution in [-0.2, 0) is 17.9 Å². The Bertz CT molecular complexity index is 1450. The molecule has 1 saturated heterocycles. The van der Waals surface area contributed by atoms with Gasteiger partial charge in [0.2, 0.25) is 0 Å². The Morgan fingerprint density at radius 1 is 0.946 bits per heavy atom. The highest BCUT2D eigenvalue weighted by Gasteiger charge is 2.34. The standard InChI is InChI=1S/C29H22ClN3O3S/c30-24-13-11-21(12-14-24)18-31-32-29-33(19-26-10-5-15-35-26)28(34)27(37-29)17-23-8-4-9-25(16-23)36-20-22-6-2-1-3-7-22/h1-18H,19-20H2/b27-17-,31-18-,32-29+. The van der Waals surface area contributed by atoms with E-state index in [1.165, 1.54) is 11.8 Å². The first-order valence-electron chi connectivity index (χ1n) is 11.5. The minimum atomic E-state index is -0.169. The van der Waals surface area contributed by atoms with Gasteiger partial charge in [0.1, 0.15) is 18.1 Å². The molecule has 2 heterocycles. The van der Waals surface area contributed by atoms with Crippen molar-refractivity contribution in [3.63, 3.8) is 0 Å². The topological polar surface area (TPSA) is 67.4 Å². The van der Waals surface area contributed by atoms with Crippen molar-refractivity contribution in [2.75, 3.05) is 0 Å². The lowest BCUT2D eigenvalue weighted by molar-refractivity contribution is -0.122. The second-order valence-corrected chi connectivity index (χ2v) is 9.55. The molecule has 1 fully saturated rings. The number of amides is 1. The van der Waals surface area contributed by atoms with Gasteiger partial charge in [-0.15, -0.1) is 5.10 Å². The minimum Gasteiger partial charge on any atom is -0.489 e. The molecule has 0 radical (unpaired) electrons. The van der Waals surface area contributed by atoms with Gasteiger partial charge < -0.3 is 9.15 Å². The van der Waals surface area contributed by atoms with E-state index in [0.717, 1.165) is 22.4 Å². The molecule has 37 heavy (non-hydrogen) atoms. The highest BCUT2D eigenvalue weighted by molar-refractivity contribution is 8.18. The monoisotopic (exact) mass is 527 g/mol. The molecule has 3 aromatic carbocycles. The van der Waals surface area contributed by atoms with Gasteiger partial charge in [-0.25, -0.2) is 0 Å². The molecular weight excluding hydrogens is 506 g/mol. The van der Waals surface area contributed by atoms with Crippen molar-refractivity contribution < 1.29 is 13.9 Å².